The third kappa shape index (κ3) is 3.72. The lowest BCUT2D eigenvalue weighted by Crippen LogP contribution is -2.49. The number of hydrogen-bond acceptors (Lipinski definition) is 3. The van der Waals surface area contributed by atoms with E-state index in [1.165, 1.54) is 41.4 Å². The van der Waals surface area contributed by atoms with Crippen molar-refractivity contribution in [1.82, 2.24) is 9.88 Å². The Morgan fingerprint density at radius 3 is 2.72 bits per heavy atom. The van der Waals surface area contributed by atoms with Crippen molar-refractivity contribution in [3.63, 3.8) is 0 Å². The first kappa shape index (κ1) is 18.8. The molecule has 2 atom stereocenters. The Bertz CT molecular complexity index is 993. The zero-order valence-electron chi connectivity index (χ0n) is 16.9. The molecule has 1 N–H and O–H groups in total. The second-order valence-corrected chi connectivity index (χ2v) is 8.76. The van der Waals surface area contributed by atoms with Gasteiger partial charge in [0.15, 0.2) is 0 Å². The first-order valence-corrected chi connectivity index (χ1v) is 11.0. The van der Waals surface area contributed by atoms with Crippen LogP contribution in [0.1, 0.15) is 30.7 Å². The Morgan fingerprint density at radius 1 is 1.03 bits per heavy atom. The molecular formula is C24H28ClN3O. The highest BCUT2D eigenvalue weighted by molar-refractivity contribution is 6.31. The van der Waals surface area contributed by atoms with Gasteiger partial charge in [-0.1, -0.05) is 17.7 Å². The first-order valence-electron chi connectivity index (χ1n) is 10.6. The molecule has 1 saturated heterocycles. The number of H-pyrrole nitrogens is 1. The molecule has 5 heteroatoms. The van der Waals surface area contributed by atoms with Crippen LogP contribution in [0.4, 0.5) is 5.69 Å². The molecule has 2 heterocycles. The van der Waals surface area contributed by atoms with Crippen LogP contribution in [0.15, 0.2) is 48.7 Å². The summed E-state index contributed by atoms with van der Waals surface area (Å²) in [5, 5.41) is 2.12. The number of fused-ring (bicyclic) bond motifs is 1. The quantitative estimate of drug-likeness (QED) is 0.635. The van der Waals surface area contributed by atoms with E-state index in [0.29, 0.717) is 12.0 Å². The molecule has 1 aliphatic carbocycles. The van der Waals surface area contributed by atoms with Crippen LogP contribution in [-0.2, 0) is 0 Å². The maximum atomic E-state index is 6.25. The molecule has 152 valence electrons. The molecule has 4 nitrogen and oxygen atoms in total. The minimum Gasteiger partial charge on any atom is -0.497 e. The summed E-state index contributed by atoms with van der Waals surface area (Å²) in [6, 6.07) is 15.3. The molecule has 2 aliphatic rings. The molecule has 3 aromatic rings. The lowest BCUT2D eigenvalue weighted by molar-refractivity contribution is 0.186. The molecule has 1 aliphatic heterocycles. The van der Waals surface area contributed by atoms with Crippen molar-refractivity contribution in [2.45, 2.75) is 31.2 Å². The van der Waals surface area contributed by atoms with Gasteiger partial charge in [0.25, 0.3) is 0 Å². The number of anilines is 1. The van der Waals surface area contributed by atoms with Gasteiger partial charge in [-0.2, -0.15) is 0 Å². The van der Waals surface area contributed by atoms with E-state index in [1.807, 2.05) is 12.1 Å². The van der Waals surface area contributed by atoms with Crippen molar-refractivity contribution in [1.29, 1.82) is 0 Å². The summed E-state index contributed by atoms with van der Waals surface area (Å²) in [4.78, 5) is 8.62. The van der Waals surface area contributed by atoms with Gasteiger partial charge in [0.1, 0.15) is 5.75 Å². The number of nitrogens with zero attached hydrogens (tertiary/aromatic N) is 2. The number of aromatic nitrogens is 1. The van der Waals surface area contributed by atoms with E-state index in [2.05, 4.69) is 51.3 Å². The zero-order chi connectivity index (χ0) is 19.8. The lowest BCUT2D eigenvalue weighted by Gasteiger charge is -2.39. The summed E-state index contributed by atoms with van der Waals surface area (Å²) >= 11 is 6.25. The van der Waals surface area contributed by atoms with Crippen LogP contribution in [0, 0.1) is 0 Å². The van der Waals surface area contributed by atoms with E-state index in [-0.39, 0.29) is 0 Å². The van der Waals surface area contributed by atoms with Crippen molar-refractivity contribution in [3.05, 3.63) is 59.2 Å². The van der Waals surface area contributed by atoms with E-state index in [1.54, 1.807) is 7.11 Å². The van der Waals surface area contributed by atoms with E-state index >= 15 is 0 Å². The molecular weight excluding hydrogens is 382 g/mol. The summed E-state index contributed by atoms with van der Waals surface area (Å²) in [6.07, 6.45) is 6.00. The van der Waals surface area contributed by atoms with Gasteiger partial charge in [-0.05, 0) is 61.1 Å². The van der Waals surface area contributed by atoms with Gasteiger partial charge >= 0.3 is 0 Å². The second kappa shape index (κ2) is 7.92. The molecule has 1 aromatic heterocycles. The maximum absolute atomic E-state index is 6.25. The second-order valence-electron chi connectivity index (χ2n) is 8.32. The van der Waals surface area contributed by atoms with Crippen LogP contribution in [0.3, 0.4) is 0 Å². The third-order valence-electron chi connectivity index (χ3n) is 6.77. The minimum absolute atomic E-state index is 0.628. The van der Waals surface area contributed by atoms with Gasteiger partial charge in [-0.25, -0.2) is 0 Å². The standard InChI is InChI=1S/C24H28ClN3O/c1-29-21-4-2-3-19(15-21)27-9-11-28(12-10-27)20-7-5-17(13-20)23-16-26-24-8-6-18(25)14-22(23)24/h2-4,6,8,14-17,20,26H,5,7,9-13H2,1H3. The van der Waals surface area contributed by atoms with Gasteiger partial charge < -0.3 is 14.6 Å². The van der Waals surface area contributed by atoms with E-state index in [9.17, 15) is 0 Å². The van der Waals surface area contributed by atoms with Gasteiger partial charge in [0.05, 0.1) is 7.11 Å². The normalized spacial score (nSPS) is 23.0. The third-order valence-corrected chi connectivity index (χ3v) is 7.00. The van der Waals surface area contributed by atoms with E-state index in [4.69, 9.17) is 16.3 Å². The highest BCUT2D eigenvalue weighted by atomic mass is 35.5. The van der Waals surface area contributed by atoms with Gasteiger partial charge in [0.2, 0.25) is 0 Å². The van der Waals surface area contributed by atoms with Crippen molar-refractivity contribution in [2.75, 3.05) is 38.2 Å². The summed E-state index contributed by atoms with van der Waals surface area (Å²) in [5.41, 5.74) is 3.91. The predicted octanol–water partition coefficient (Wildman–Crippen LogP) is 5.29. The number of aromatic amines is 1. The van der Waals surface area contributed by atoms with Gasteiger partial charge in [-0.3, -0.25) is 4.90 Å². The summed E-state index contributed by atoms with van der Waals surface area (Å²) in [5.74, 6) is 1.56. The molecule has 5 rings (SSSR count). The fraction of sp³-hybridized carbons (Fsp3) is 0.417. The Morgan fingerprint density at radius 2 is 1.90 bits per heavy atom. The zero-order valence-corrected chi connectivity index (χ0v) is 17.7. The summed E-state index contributed by atoms with van der Waals surface area (Å²) < 4.78 is 5.39. The Labute approximate surface area is 177 Å². The minimum atomic E-state index is 0.628. The van der Waals surface area contributed by atoms with Crippen LogP contribution in [0.2, 0.25) is 5.02 Å². The highest BCUT2D eigenvalue weighted by Crippen LogP contribution is 2.40. The number of nitrogens with one attached hydrogen (secondary N) is 1. The highest BCUT2D eigenvalue weighted by Gasteiger charge is 2.33. The monoisotopic (exact) mass is 409 g/mol. The Kier molecular flexibility index (Phi) is 5.15. The lowest BCUT2D eigenvalue weighted by atomic mass is 9.96. The topological polar surface area (TPSA) is 31.5 Å². The average Bonchev–Trinajstić information content (AvgIpc) is 3.40. The number of hydrogen-bond donors (Lipinski definition) is 1. The van der Waals surface area contributed by atoms with Gasteiger partial charge in [-0.15, -0.1) is 0 Å². The fourth-order valence-corrected chi connectivity index (χ4v) is 5.35. The van der Waals surface area contributed by atoms with Crippen molar-refractivity contribution in [3.8, 4) is 5.75 Å². The number of ether oxygens (including phenoxy) is 1. The molecule has 0 radical (unpaired) electrons. The largest absolute Gasteiger partial charge is 0.497 e. The maximum Gasteiger partial charge on any atom is 0.120 e. The first-order chi connectivity index (χ1) is 14.2. The van der Waals surface area contributed by atoms with Crippen molar-refractivity contribution < 1.29 is 4.74 Å². The summed E-state index contributed by atoms with van der Waals surface area (Å²) in [6.45, 7) is 4.43. The van der Waals surface area contributed by atoms with E-state index < -0.39 is 0 Å². The molecule has 29 heavy (non-hydrogen) atoms. The molecule has 0 spiro atoms. The number of rotatable bonds is 4. The average molecular weight is 410 g/mol. The fourth-order valence-electron chi connectivity index (χ4n) is 5.18. The molecule has 0 bridgehead atoms. The van der Waals surface area contributed by atoms with Crippen molar-refractivity contribution in [2.24, 2.45) is 0 Å². The van der Waals surface area contributed by atoms with Gasteiger partial charge in [0, 0.05) is 66.1 Å². The van der Waals surface area contributed by atoms with Crippen LogP contribution < -0.4 is 9.64 Å². The smallest absolute Gasteiger partial charge is 0.120 e. The SMILES string of the molecule is COc1cccc(N2CCN(C3CCC(c4c[nH]c5ccc(Cl)cc45)C3)CC2)c1. The molecule has 1 saturated carbocycles. The Hall–Kier alpha value is -2.17. The summed E-state index contributed by atoms with van der Waals surface area (Å²) in [7, 11) is 1.73. The molecule has 2 fully saturated rings. The van der Waals surface area contributed by atoms with Crippen LogP contribution in [-0.4, -0.2) is 49.2 Å². The van der Waals surface area contributed by atoms with Crippen molar-refractivity contribution >= 4 is 28.2 Å². The predicted molar refractivity (Wildman–Crippen MR) is 120 cm³/mol. The van der Waals surface area contributed by atoms with Crippen LogP contribution in [0.25, 0.3) is 10.9 Å². The number of benzene rings is 2. The number of piperazine rings is 1. The number of halogens is 1. The molecule has 0 amide bonds. The molecule has 2 aromatic carbocycles. The number of methoxy groups -OCH3 is 1. The van der Waals surface area contributed by atoms with Crippen LogP contribution in [0.5, 0.6) is 5.75 Å². The molecule has 2 unspecified atom stereocenters. The van der Waals surface area contributed by atoms with E-state index in [0.717, 1.165) is 37.0 Å². The van der Waals surface area contributed by atoms with Crippen LogP contribution >= 0.6 is 11.6 Å². The Balaban J connectivity index is 1.23.